The van der Waals surface area contributed by atoms with Crippen molar-refractivity contribution in [3.05, 3.63) is 33.3 Å². The van der Waals surface area contributed by atoms with E-state index in [0.717, 1.165) is 12.1 Å². The van der Waals surface area contributed by atoms with Crippen molar-refractivity contribution >= 4 is 29.9 Å². The Balaban J connectivity index is 3.26. The van der Waals surface area contributed by atoms with Crippen LogP contribution in [0.15, 0.2) is 18.2 Å². The molecule has 5 nitrogen and oxygen atoms in total. The zero-order valence-electron chi connectivity index (χ0n) is 6.35. The Hall–Kier alpha value is -1.11. The van der Waals surface area contributed by atoms with Gasteiger partial charge in [0.25, 0.3) is 5.69 Å². The first-order valence-electron chi connectivity index (χ1n) is 3.32. The number of hydrogen-bond donors (Lipinski definition) is 2. The fraction of sp³-hybridized carbons (Fsp3) is 0. The Morgan fingerprint density at radius 2 is 2.08 bits per heavy atom. The summed E-state index contributed by atoms with van der Waals surface area (Å²) in [6.07, 6.45) is 0. The molecule has 0 fully saturated rings. The van der Waals surface area contributed by atoms with Crippen LogP contribution in [0.5, 0.6) is 0 Å². The second-order valence-corrected chi connectivity index (χ2v) is 2.77. The van der Waals surface area contributed by atoms with Crippen molar-refractivity contribution in [2.24, 2.45) is 0 Å². The molecule has 0 saturated heterocycles. The number of nitrogens with zero attached hydrogens (tertiary/aromatic N) is 1. The van der Waals surface area contributed by atoms with E-state index in [1.165, 1.54) is 6.07 Å². The lowest BCUT2D eigenvalue weighted by Gasteiger charge is -2.00. The maximum absolute atomic E-state index is 10.4. The molecule has 0 aliphatic carbocycles. The minimum atomic E-state index is -1.89. The third-order valence-corrected chi connectivity index (χ3v) is 1.70. The van der Waals surface area contributed by atoms with Crippen LogP contribution in [0.1, 0.15) is 0 Å². The minimum Gasteiger partial charge on any atom is -0.423 e. The van der Waals surface area contributed by atoms with Crippen molar-refractivity contribution in [3.63, 3.8) is 0 Å². The van der Waals surface area contributed by atoms with E-state index in [-0.39, 0.29) is 16.2 Å². The van der Waals surface area contributed by atoms with Crippen LogP contribution in [0.4, 0.5) is 5.69 Å². The first-order valence-corrected chi connectivity index (χ1v) is 3.70. The lowest BCUT2D eigenvalue weighted by molar-refractivity contribution is -0.383. The summed E-state index contributed by atoms with van der Waals surface area (Å²) in [5.41, 5.74) is -0.572. The molecular formula is C6H5BClNO4. The molecule has 0 amide bonds. The largest absolute Gasteiger partial charge is 0.495 e. The molecule has 0 radical (unpaired) electrons. The van der Waals surface area contributed by atoms with Crippen LogP contribution < -0.4 is 5.46 Å². The van der Waals surface area contributed by atoms with Gasteiger partial charge in [-0.25, -0.2) is 0 Å². The Morgan fingerprint density at radius 1 is 1.46 bits per heavy atom. The molecule has 1 aromatic carbocycles. The van der Waals surface area contributed by atoms with E-state index in [2.05, 4.69) is 0 Å². The molecule has 13 heavy (non-hydrogen) atoms. The third kappa shape index (κ3) is 2.18. The smallest absolute Gasteiger partial charge is 0.423 e. The first-order chi connectivity index (χ1) is 6.02. The second kappa shape index (κ2) is 3.74. The van der Waals surface area contributed by atoms with Gasteiger partial charge in [-0.3, -0.25) is 10.1 Å². The number of rotatable bonds is 2. The second-order valence-electron chi connectivity index (χ2n) is 2.33. The van der Waals surface area contributed by atoms with Crippen molar-refractivity contribution in [1.82, 2.24) is 0 Å². The number of halogens is 1. The van der Waals surface area contributed by atoms with Gasteiger partial charge < -0.3 is 10.0 Å². The summed E-state index contributed by atoms with van der Waals surface area (Å²) in [7, 11) is -1.89. The molecular weight excluding hydrogens is 196 g/mol. The topological polar surface area (TPSA) is 83.6 Å². The summed E-state index contributed by atoms with van der Waals surface area (Å²) >= 11 is 5.52. The fourth-order valence-electron chi connectivity index (χ4n) is 0.898. The summed E-state index contributed by atoms with van der Waals surface area (Å²) in [5, 5.41) is 28.1. The van der Waals surface area contributed by atoms with Gasteiger partial charge in [-0.2, -0.15) is 0 Å². The predicted molar refractivity (Wildman–Crippen MR) is 47.9 cm³/mol. The highest BCUT2D eigenvalue weighted by molar-refractivity contribution is 6.60. The molecule has 7 heteroatoms. The highest BCUT2D eigenvalue weighted by Crippen LogP contribution is 2.13. The maximum Gasteiger partial charge on any atom is 0.495 e. The van der Waals surface area contributed by atoms with Gasteiger partial charge in [0.15, 0.2) is 0 Å². The van der Waals surface area contributed by atoms with E-state index < -0.39 is 12.0 Å². The van der Waals surface area contributed by atoms with E-state index in [1.807, 2.05) is 0 Å². The van der Waals surface area contributed by atoms with Crippen LogP contribution in [0.25, 0.3) is 0 Å². The van der Waals surface area contributed by atoms with Crippen LogP contribution >= 0.6 is 11.6 Å². The molecule has 0 spiro atoms. The molecule has 0 atom stereocenters. The Labute approximate surface area is 78.9 Å². The molecule has 0 aromatic heterocycles. The van der Waals surface area contributed by atoms with E-state index >= 15 is 0 Å². The van der Waals surface area contributed by atoms with Gasteiger partial charge in [0.2, 0.25) is 0 Å². The molecule has 0 heterocycles. The predicted octanol–water partition coefficient (Wildman–Crippen LogP) is -0.0720. The zero-order chi connectivity index (χ0) is 10.0. The minimum absolute atomic E-state index is 0.211. The molecule has 1 rings (SSSR count). The van der Waals surface area contributed by atoms with Crippen molar-refractivity contribution in [2.45, 2.75) is 0 Å². The van der Waals surface area contributed by atoms with Crippen LogP contribution in [-0.2, 0) is 0 Å². The van der Waals surface area contributed by atoms with E-state index in [4.69, 9.17) is 21.6 Å². The standard InChI is InChI=1S/C6H5BClNO4/c8-4-1-2-6(9(12)13)5(3-4)7(10)11/h1-3,10-11H. The van der Waals surface area contributed by atoms with Gasteiger partial charge in [0, 0.05) is 11.1 Å². The van der Waals surface area contributed by atoms with Crippen molar-refractivity contribution in [1.29, 1.82) is 0 Å². The van der Waals surface area contributed by atoms with Crippen LogP contribution in [0.2, 0.25) is 5.02 Å². The van der Waals surface area contributed by atoms with Gasteiger partial charge in [0.1, 0.15) is 0 Å². The highest BCUT2D eigenvalue weighted by atomic mass is 35.5. The van der Waals surface area contributed by atoms with Gasteiger partial charge >= 0.3 is 7.12 Å². The molecule has 0 bridgehead atoms. The van der Waals surface area contributed by atoms with Crippen LogP contribution in [0.3, 0.4) is 0 Å². The van der Waals surface area contributed by atoms with Crippen molar-refractivity contribution < 1.29 is 15.0 Å². The van der Waals surface area contributed by atoms with Crippen molar-refractivity contribution in [3.8, 4) is 0 Å². The first kappa shape index (κ1) is 9.98. The van der Waals surface area contributed by atoms with Gasteiger partial charge in [0.05, 0.1) is 10.4 Å². The van der Waals surface area contributed by atoms with Gasteiger partial charge in [-0.15, -0.1) is 0 Å². The number of nitro groups is 1. The average molecular weight is 201 g/mol. The summed E-state index contributed by atoms with van der Waals surface area (Å²) < 4.78 is 0. The Morgan fingerprint density at radius 3 is 2.54 bits per heavy atom. The Kier molecular flexibility index (Phi) is 2.87. The summed E-state index contributed by atoms with van der Waals surface area (Å²) in [6.45, 7) is 0. The van der Waals surface area contributed by atoms with Crippen molar-refractivity contribution in [2.75, 3.05) is 0 Å². The quantitative estimate of drug-likeness (QED) is 0.398. The molecule has 1 aromatic rings. The van der Waals surface area contributed by atoms with Crippen LogP contribution in [-0.4, -0.2) is 22.1 Å². The van der Waals surface area contributed by atoms with E-state index in [1.54, 1.807) is 0 Å². The summed E-state index contributed by atoms with van der Waals surface area (Å²) in [5.74, 6) is 0. The monoisotopic (exact) mass is 201 g/mol. The molecule has 2 N–H and O–H groups in total. The lowest BCUT2D eigenvalue weighted by Crippen LogP contribution is -2.31. The normalized spacial score (nSPS) is 9.77. The maximum atomic E-state index is 10.4. The molecule has 0 aliphatic rings. The number of benzene rings is 1. The summed E-state index contributed by atoms with van der Waals surface area (Å²) in [6, 6.07) is 3.58. The lowest BCUT2D eigenvalue weighted by atomic mass is 9.79. The zero-order valence-corrected chi connectivity index (χ0v) is 7.10. The number of hydrogen-bond acceptors (Lipinski definition) is 4. The molecule has 68 valence electrons. The van der Waals surface area contributed by atoms with E-state index in [9.17, 15) is 10.1 Å². The summed E-state index contributed by atoms with van der Waals surface area (Å²) in [4.78, 5) is 9.67. The van der Waals surface area contributed by atoms with E-state index in [0.29, 0.717) is 0 Å². The van der Waals surface area contributed by atoms with Gasteiger partial charge in [-0.1, -0.05) is 11.6 Å². The SMILES string of the molecule is O=[N+]([O-])c1ccc(Cl)cc1B(O)O. The Bertz CT molecular complexity index is 343. The fourth-order valence-corrected chi connectivity index (χ4v) is 1.08. The highest BCUT2D eigenvalue weighted by Gasteiger charge is 2.23. The molecule has 0 aliphatic heterocycles. The third-order valence-electron chi connectivity index (χ3n) is 1.46. The molecule has 0 saturated carbocycles. The number of nitro benzene ring substituents is 1. The average Bonchev–Trinajstić information content (AvgIpc) is 2.03. The van der Waals surface area contributed by atoms with Gasteiger partial charge in [-0.05, 0) is 12.1 Å². The van der Waals surface area contributed by atoms with Crippen LogP contribution in [0, 0.1) is 10.1 Å². The molecule has 0 unspecified atom stereocenters.